The molecule has 0 aliphatic carbocycles. The van der Waals surface area contributed by atoms with Gasteiger partial charge in [0.25, 0.3) is 11.6 Å². The van der Waals surface area contributed by atoms with Crippen molar-refractivity contribution < 1.29 is 14.5 Å². The van der Waals surface area contributed by atoms with Crippen LogP contribution in [-0.4, -0.2) is 30.6 Å². The number of nitrogens with zero attached hydrogens (tertiary/aromatic N) is 1. The summed E-state index contributed by atoms with van der Waals surface area (Å²) in [6, 6.07) is 4.20. The van der Waals surface area contributed by atoms with Gasteiger partial charge in [0, 0.05) is 28.9 Å². The minimum absolute atomic E-state index is 0.0922. The average molecular weight is 364 g/mol. The molecule has 1 aromatic rings. The zero-order chi connectivity index (χ0) is 13.5. The molecule has 0 saturated carbocycles. The van der Waals surface area contributed by atoms with Crippen molar-refractivity contribution in [2.45, 2.75) is 6.92 Å². The van der Waals surface area contributed by atoms with Crippen molar-refractivity contribution in [2.75, 3.05) is 19.8 Å². The van der Waals surface area contributed by atoms with Gasteiger partial charge in [0.05, 0.1) is 17.1 Å². The van der Waals surface area contributed by atoms with E-state index in [9.17, 15) is 14.9 Å². The number of halogens is 1. The third-order valence-electron chi connectivity index (χ3n) is 2.14. The van der Waals surface area contributed by atoms with Crippen LogP contribution in [0, 0.1) is 13.7 Å². The summed E-state index contributed by atoms with van der Waals surface area (Å²) in [5, 5.41) is 13.3. The van der Waals surface area contributed by atoms with E-state index in [2.05, 4.69) is 5.32 Å². The standard InChI is InChI=1S/C11H13IN2O4/c1-2-18-6-5-13-11(15)9-7-8(14(16)17)3-4-10(9)12/h3-4,7H,2,5-6H2,1H3,(H,13,15). The van der Waals surface area contributed by atoms with Gasteiger partial charge in [0.1, 0.15) is 0 Å². The highest BCUT2D eigenvalue weighted by Crippen LogP contribution is 2.19. The summed E-state index contributed by atoms with van der Waals surface area (Å²) < 4.78 is 5.76. The lowest BCUT2D eigenvalue weighted by molar-refractivity contribution is -0.384. The number of nitrogens with one attached hydrogen (secondary N) is 1. The van der Waals surface area contributed by atoms with Gasteiger partial charge in [-0.05, 0) is 35.6 Å². The Balaban J connectivity index is 2.72. The number of non-ortho nitro benzene ring substituents is 1. The molecule has 1 N–H and O–H groups in total. The number of nitro benzene ring substituents is 1. The number of benzene rings is 1. The van der Waals surface area contributed by atoms with Crippen LogP contribution in [0.1, 0.15) is 17.3 Å². The Morgan fingerprint density at radius 3 is 2.89 bits per heavy atom. The second-order valence-corrected chi connectivity index (χ2v) is 4.54. The average Bonchev–Trinajstić information content (AvgIpc) is 2.34. The molecule has 0 unspecified atom stereocenters. The van der Waals surface area contributed by atoms with Crippen LogP contribution in [0.5, 0.6) is 0 Å². The van der Waals surface area contributed by atoms with Crippen molar-refractivity contribution >= 4 is 34.2 Å². The fourth-order valence-electron chi connectivity index (χ4n) is 1.28. The molecular formula is C11H13IN2O4. The lowest BCUT2D eigenvalue weighted by Crippen LogP contribution is -2.28. The van der Waals surface area contributed by atoms with E-state index in [-0.39, 0.29) is 11.6 Å². The molecule has 0 fully saturated rings. The Morgan fingerprint density at radius 2 is 2.28 bits per heavy atom. The predicted octanol–water partition coefficient (Wildman–Crippen LogP) is 1.97. The number of amides is 1. The maximum atomic E-state index is 11.8. The lowest BCUT2D eigenvalue weighted by Gasteiger charge is -2.06. The molecule has 0 aliphatic rings. The lowest BCUT2D eigenvalue weighted by atomic mass is 10.2. The van der Waals surface area contributed by atoms with Gasteiger partial charge >= 0.3 is 0 Å². The van der Waals surface area contributed by atoms with E-state index in [0.29, 0.717) is 28.9 Å². The van der Waals surface area contributed by atoms with E-state index in [1.807, 2.05) is 29.5 Å². The molecule has 0 saturated heterocycles. The van der Waals surface area contributed by atoms with Crippen molar-refractivity contribution in [3.63, 3.8) is 0 Å². The first-order chi connectivity index (χ1) is 8.56. The van der Waals surface area contributed by atoms with E-state index in [1.54, 1.807) is 6.07 Å². The molecule has 1 aromatic carbocycles. The Kier molecular flexibility index (Phi) is 5.99. The highest BCUT2D eigenvalue weighted by atomic mass is 127. The zero-order valence-corrected chi connectivity index (χ0v) is 12.0. The van der Waals surface area contributed by atoms with E-state index < -0.39 is 4.92 Å². The van der Waals surface area contributed by atoms with Crippen molar-refractivity contribution in [1.82, 2.24) is 5.32 Å². The van der Waals surface area contributed by atoms with Crippen molar-refractivity contribution in [3.8, 4) is 0 Å². The maximum Gasteiger partial charge on any atom is 0.270 e. The summed E-state index contributed by atoms with van der Waals surface area (Å²) in [4.78, 5) is 21.9. The van der Waals surface area contributed by atoms with E-state index in [0.717, 1.165) is 0 Å². The number of nitro groups is 1. The minimum Gasteiger partial charge on any atom is -0.380 e. The van der Waals surface area contributed by atoms with Crippen molar-refractivity contribution in [1.29, 1.82) is 0 Å². The van der Waals surface area contributed by atoms with E-state index in [1.165, 1.54) is 12.1 Å². The second kappa shape index (κ2) is 7.27. The minimum atomic E-state index is -0.521. The normalized spacial score (nSPS) is 10.1. The van der Waals surface area contributed by atoms with Crippen LogP contribution < -0.4 is 5.32 Å². The Morgan fingerprint density at radius 1 is 1.56 bits per heavy atom. The zero-order valence-electron chi connectivity index (χ0n) is 9.81. The summed E-state index contributed by atoms with van der Waals surface area (Å²) in [6.07, 6.45) is 0. The molecule has 0 radical (unpaired) electrons. The topological polar surface area (TPSA) is 81.5 Å². The number of hydrogen-bond acceptors (Lipinski definition) is 4. The smallest absolute Gasteiger partial charge is 0.270 e. The highest BCUT2D eigenvalue weighted by Gasteiger charge is 2.14. The molecular weight excluding hydrogens is 351 g/mol. The Bertz CT molecular complexity index is 451. The van der Waals surface area contributed by atoms with E-state index >= 15 is 0 Å². The van der Waals surface area contributed by atoms with Gasteiger partial charge in [-0.3, -0.25) is 14.9 Å². The van der Waals surface area contributed by atoms with Gasteiger partial charge in [-0.25, -0.2) is 0 Å². The van der Waals surface area contributed by atoms with Crippen LogP contribution in [0.2, 0.25) is 0 Å². The Hall–Kier alpha value is -1.22. The number of carbonyl (C=O) groups is 1. The van der Waals surface area contributed by atoms with Gasteiger partial charge in [-0.2, -0.15) is 0 Å². The van der Waals surface area contributed by atoms with Gasteiger partial charge in [0.15, 0.2) is 0 Å². The molecule has 98 valence electrons. The van der Waals surface area contributed by atoms with Crippen LogP contribution in [-0.2, 0) is 4.74 Å². The summed E-state index contributed by atoms with van der Waals surface area (Å²) in [5.74, 6) is -0.331. The fraction of sp³-hybridized carbons (Fsp3) is 0.364. The first-order valence-electron chi connectivity index (χ1n) is 5.36. The molecule has 0 atom stereocenters. The summed E-state index contributed by atoms with van der Waals surface area (Å²) in [6.45, 7) is 3.26. The van der Waals surface area contributed by atoms with Gasteiger partial charge in [0.2, 0.25) is 0 Å². The molecule has 0 spiro atoms. The number of carbonyl (C=O) groups excluding carboxylic acids is 1. The third-order valence-corrected chi connectivity index (χ3v) is 3.08. The summed E-state index contributed by atoms with van der Waals surface area (Å²) >= 11 is 1.97. The van der Waals surface area contributed by atoms with Crippen LogP contribution in [0.3, 0.4) is 0 Å². The highest BCUT2D eigenvalue weighted by molar-refractivity contribution is 14.1. The quantitative estimate of drug-likeness (QED) is 0.362. The fourth-order valence-corrected chi connectivity index (χ4v) is 1.86. The van der Waals surface area contributed by atoms with Crippen LogP contribution in [0.4, 0.5) is 5.69 Å². The van der Waals surface area contributed by atoms with Crippen LogP contribution in [0.25, 0.3) is 0 Å². The molecule has 7 heteroatoms. The molecule has 1 rings (SSSR count). The number of hydrogen-bond donors (Lipinski definition) is 1. The molecule has 0 aromatic heterocycles. The van der Waals surface area contributed by atoms with Crippen molar-refractivity contribution in [2.24, 2.45) is 0 Å². The monoisotopic (exact) mass is 364 g/mol. The molecule has 18 heavy (non-hydrogen) atoms. The largest absolute Gasteiger partial charge is 0.380 e. The molecule has 0 aliphatic heterocycles. The van der Waals surface area contributed by atoms with Gasteiger partial charge in [-0.1, -0.05) is 0 Å². The first kappa shape index (κ1) is 14.8. The van der Waals surface area contributed by atoms with Gasteiger partial charge < -0.3 is 10.1 Å². The molecule has 0 heterocycles. The third kappa shape index (κ3) is 4.22. The summed E-state index contributed by atoms with van der Waals surface area (Å²) in [5.41, 5.74) is 0.215. The van der Waals surface area contributed by atoms with Crippen molar-refractivity contribution in [3.05, 3.63) is 37.4 Å². The molecule has 1 amide bonds. The maximum absolute atomic E-state index is 11.8. The SMILES string of the molecule is CCOCCNC(=O)c1cc([N+](=O)[O-])ccc1I. The molecule has 6 nitrogen and oxygen atoms in total. The first-order valence-corrected chi connectivity index (χ1v) is 6.44. The van der Waals surface area contributed by atoms with Crippen LogP contribution >= 0.6 is 22.6 Å². The van der Waals surface area contributed by atoms with Crippen LogP contribution in [0.15, 0.2) is 18.2 Å². The second-order valence-electron chi connectivity index (χ2n) is 3.37. The molecule has 0 bridgehead atoms. The van der Waals surface area contributed by atoms with Gasteiger partial charge in [-0.15, -0.1) is 0 Å². The Labute approximate surface area is 118 Å². The van der Waals surface area contributed by atoms with E-state index in [4.69, 9.17) is 4.74 Å². The number of ether oxygens (including phenoxy) is 1. The summed E-state index contributed by atoms with van der Waals surface area (Å²) in [7, 11) is 0. The number of rotatable bonds is 6. The predicted molar refractivity (Wildman–Crippen MR) is 74.6 cm³/mol.